The van der Waals surface area contributed by atoms with E-state index in [1.54, 1.807) is 19.9 Å². The Balaban J connectivity index is 1.79. The molecule has 1 atom stereocenters. The molecule has 1 N–H and O–H groups in total. The Morgan fingerprint density at radius 3 is 2.50 bits per heavy atom. The molecule has 28 heavy (non-hydrogen) atoms. The Labute approximate surface area is 161 Å². The third-order valence-corrected chi connectivity index (χ3v) is 4.46. The minimum atomic E-state index is -0.996. The van der Waals surface area contributed by atoms with E-state index in [1.807, 2.05) is 0 Å². The number of hydrogen-bond donors (Lipinski definition) is 1. The number of carboxylic acid groups (broad SMARTS) is 1. The number of rotatable bonds is 8. The van der Waals surface area contributed by atoms with E-state index in [-0.39, 0.29) is 36.4 Å². The van der Waals surface area contributed by atoms with Crippen molar-refractivity contribution in [2.75, 3.05) is 6.61 Å². The molecule has 0 radical (unpaired) electrons. The first-order chi connectivity index (χ1) is 13.3. The molecule has 6 nitrogen and oxygen atoms in total. The second-order valence-corrected chi connectivity index (χ2v) is 7.12. The summed E-state index contributed by atoms with van der Waals surface area (Å²) >= 11 is 0. The zero-order chi connectivity index (χ0) is 20.3. The molecule has 1 aromatic carbocycles. The van der Waals surface area contributed by atoms with E-state index < -0.39 is 23.4 Å². The molecule has 0 spiro atoms. The normalized spacial score (nSPS) is 15.0. The number of aryl methyl sites for hydroxylation is 1. The first-order valence-electron chi connectivity index (χ1n) is 9.18. The van der Waals surface area contributed by atoms with Crippen LogP contribution in [-0.4, -0.2) is 33.8 Å². The second-order valence-electron chi connectivity index (χ2n) is 7.12. The lowest BCUT2D eigenvalue weighted by molar-refractivity contribution is -0.138. The summed E-state index contributed by atoms with van der Waals surface area (Å²) in [6.07, 6.45) is 3.02. The summed E-state index contributed by atoms with van der Waals surface area (Å²) in [5.74, 6) is -3.17. The minimum Gasteiger partial charge on any atom is -0.487 e. The average molecular weight is 392 g/mol. The van der Waals surface area contributed by atoms with Gasteiger partial charge in [-0.1, -0.05) is 6.92 Å². The summed E-state index contributed by atoms with van der Waals surface area (Å²) in [6.45, 7) is 3.27. The summed E-state index contributed by atoms with van der Waals surface area (Å²) in [5, 5.41) is 8.74. The van der Waals surface area contributed by atoms with Gasteiger partial charge in [0.15, 0.2) is 23.2 Å². The number of carboxylic acids is 1. The number of ether oxygens (including phenoxy) is 2. The molecular formula is C20H22F2N2O4. The predicted molar refractivity (Wildman–Crippen MR) is 97.3 cm³/mol. The zero-order valence-electron chi connectivity index (χ0n) is 15.7. The van der Waals surface area contributed by atoms with Gasteiger partial charge in [0.2, 0.25) is 5.88 Å². The molecule has 1 aliphatic carbocycles. The topological polar surface area (TPSA) is 81.5 Å². The van der Waals surface area contributed by atoms with Gasteiger partial charge in [0.1, 0.15) is 6.10 Å². The molecule has 1 aliphatic rings. The van der Waals surface area contributed by atoms with Crippen molar-refractivity contribution in [2.24, 2.45) is 5.92 Å². The summed E-state index contributed by atoms with van der Waals surface area (Å²) in [7, 11) is 0. The Hall–Kier alpha value is -2.77. The molecule has 1 saturated carbocycles. The average Bonchev–Trinajstić information content (AvgIpc) is 2.56. The molecule has 1 unspecified atom stereocenters. The van der Waals surface area contributed by atoms with E-state index in [0.29, 0.717) is 11.6 Å². The van der Waals surface area contributed by atoms with Crippen LogP contribution < -0.4 is 9.47 Å². The number of nitrogens with zero attached hydrogens (tertiary/aromatic N) is 2. The monoisotopic (exact) mass is 392 g/mol. The molecule has 1 heterocycles. The molecule has 0 aliphatic heterocycles. The minimum absolute atomic E-state index is 0.111. The van der Waals surface area contributed by atoms with Crippen molar-refractivity contribution in [1.29, 1.82) is 0 Å². The van der Waals surface area contributed by atoms with Gasteiger partial charge < -0.3 is 14.6 Å². The maximum atomic E-state index is 14.4. The fourth-order valence-electron chi connectivity index (χ4n) is 2.80. The molecule has 0 saturated heterocycles. The summed E-state index contributed by atoms with van der Waals surface area (Å²) < 4.78 is 39.8. The highest BCUT2D eigenvalue weighted by molar-refractivity contribution is 5.67. The van der Waals surface area contributed by atoms with Crippen LogP contribution in [-0.2, 0) is 4.79 Å². The number of hydrogen-bond acceptors (Lipinski definition) is 5. The van der Waals surface area contributed by atoms with Crippen molar-refractivity contribution in [2.45, 2.75) is 45.6 Å². The Morgan fingerprint density at radius 1 is 1.25 bits per heavy atom. The number of carbonyl (C=O) groups is 1. The summed E-state index contributed by atoms with van der Waals surface area (Å²) in [6, 6.07) is 3.89. The molecular weight excluding hydrogens is 370 g/mol. The first-order valence-corrected chi connectivity index (χ1v) is 9.18. The lowest BCUT2D eigenvalue weighted by Gasteiger charge is -2.25. The van der Waals surface area contributed by atoms with Crippen LogP contribution in [0.4, 0.5) is 8.78 Å². The van der Waals surface area contributed by atoms with Gasteiger partial charge in [0, 0.05) is 23.2 Å². The molecule has 150 valence electrons. The molecule has 1 fully saturated rings. The highest BCUT2D eigenvalue weighted by Crippen LogP contribution is 2.30. The first kappa shape index (κ1) is 20.0. The Kier molecular flexibility index (Phi) is 6.06. The van der Waals surface area contributed by atoms with Crippen LogP contribution in [0, 0.1) is 24.5 Å². The number of aromatic nitrogens is 2. The third kappa shape index (κ3) is 4.94. The maximum absolute atomic E-state index is 14.4. The molecule has 3 rings (SSSR count). The summed E-state index contributed by atoms with van der Waals surface area (Å²) in [5.41, 5.74) is 0.797. The van der Waals surface area contributed by atoms with Gasteiger partial charge >= 0.3 is 5.97 Å². The van der Waals surface area contributed by atoms with Crippen molar-refractivity contribution in [3.63, 3.8) is 0 Å². The Morgan fingerprint density at radius 2 is 1.93 bits per heavy atom. The van der Waals surface area contributed by atoms with E-state index in [4.69, 9.17) is 14.6 Å². The van der Waals surface area contributed by atoms with Crippen molar-refractivity contribution in [3.05, 3.63) is 35.5 Å². The standard InChI is InChI=1S/C20H22F2N2O4/c1-11(6-18(25)26)10-27-19-15(21)8-13(9-16(19)22)20-23-12(2)7-17(24-20)28-14-4-3-5-14/h7-9,11,14H,3-6,10H2,1-2H3,(H,25,26). The highest BCUT2D eigenvalue weighted by Gasteiger charge is 2.21. The van der Waals surface area contributed by atoms with Gasteiger partial charge in [-0.15, -0.1) is 0 Å². The van der Waals surface area contributed by atoms with E-state index >= 15 is 0 Å². The van der Waals surface area contributed by atoms with Gasteiger partial charge in [0.25, 0.3) is 0 Å². The molecule has 2 aromatic rings. The van der Waals surface area contributed by atoms with Crippen LogP contribution in [0.2, 0.25) is 0 Å². The SMILES string of the molecule is Cc1cc(OC2CCC2)nc(-c2cc(F)c(OCC(C)CC(=O)O)c(F)c2)n1. The smallest absolute Gasteiger partial charge is 0.303 e. The highest BCUT2D eigenvalue weighted by atomic mass is 19.1. The Bertz CT molecular complexity index is 848. The van der Waals surface area contributed by atoms with Crippen LogP contribution in [0.5, 0.6) is 11.6 Å². The number of halogens is 2. The fourth-order valence-corrected chi connectivity index (χ4v) is 2.80. The van der Waals surface area contributed by atoms with E-state index in [1.165, 1.54) is 0 Å². The van der Waals surface area contributed by atoms with Crippen molar-refractivity contribution < 1.29 is 28.2 Å². The van der Waals surface area contributed by atoms with E-state index in [2.05, 4.69) is 9.97 Å². The van der Waals surface area contributed by atoms with E-state index in [0.717, 1.165) is 31.4 Å². The van der Waals surface area contributed by atoms with Gasteiger partial charge in [-0.3, -0.25) is 4.79 Å². The summed E-state index contributed by atoms with van der Waals surface area (Å²) in [4.78, 5) is 19.2. The predicted octanol–water partition coefficient (Wildman–Crippen LogP) is 4.15. The van der Waals surface area contributed by atoms with Crippen LogP contribution in [0.25, 0.3) is 11.4 Å². The lowest BCUT2D eigenvalue weighted by atomic mass is 9.96. The molecule has 8 heteroatoms. The van der Waals surface area contributed by atoms with Gasteiger partial charge in [-0.25, -0.2) is 13.8 Å². The van der Waals surface area contributed by atoms with Gasteiger partial charge in [0.05, 0.1) is 13.0 Å². The fraction of sp³-hybridized carbons (Fsp3) is 0.450. The number of aliphatic carboxylic acids is 1. The van der Waals surface area contributed by atoms with Crippen LogP contribution in [0.1, 0.15) is 38.3 Å². The molecule has 1 aromatic heterocycles. The zero-order valence-corrected chi connectivity index (χ0v) is 15.7. The molecule has 0 bridgehead atoms. The van der Waals surface area contributed by atoms with Crippen molar-refractivity contribution in [3.8, 4) is 23.0 Å². The van der Waals surface area contributed by atoms with Gasteiger partial charge in [-0.2, -0.15) is 4.98 Å². The van der Waals surface area contributed by atoms with Gasteiger partial charge in [-0.05, 0) is 38.3 Å². The van der Waals surface area contributed by atoms with Crippen LogP contribution in [0.15, 0.2) is 18.2 Å². The van der Waals surface area contributed by atoms with Crippen molar-refractivity contribution in [1.82, 2.24) is 9.97 Å². The second kappa shape index (κ2) is 8.50. The lowest BCUT2D eigenvalue weighted by Crippen LogP contribution is -2.25. The third-order valence-electron chi connectivity index (χ3n) is 4.46. The maximum Gasteiger partial charge on any atom is 0.303 e. The van der Waals surface area contributed by atoms with Crippen LogP contribution in [0.3, 0.4) is 0 Å². The van der Waals surface area contributed by atoms with E-state index in [9.17, 15) is 13.6 Å². The van der Waals surface area contributed by atoms with Crippen LogP contribution >= 0.6 is 0 Å². The van der Waals surface area contributed by atoms with Crippen molar-refractivity contribution >= 4 is 5.97 Å². The molecule has 0 amide bonds. The largest absolute Gasteiger partial charge is 0.487 e. The quantitative estimate of drug-likeness (QED) is 0.727. The number of benzene rings is 1.